The zero-order chi connectivity index (χ0) is 16.1. The number of hydrogen-bond acceptors (Lipinski definition) is 5. The molecule has 6 nitrogen and oxygen atoms in total. The molecule has 22 heavy (non-hydrogen) atoms. The molecule has 1 aliphatic heterocycles. The Hall–Kier alpha value is -2.50. The minimum Gasteiger partial charge on any atom is -0.506 e. The summed E-state index contributed by atoms with van der Waals surface area (Å²) in [6.07, 6.45) is 3.92. The van der Waals surface area contributed by atoms with Crippen molar-refractivity contribution < 1.29 is 9.84 Å². The van der Waals surface area contributed by atoms with Crippen molar-refractivity contribution in [3.05, 3.63) is 34.1 Å². The minimum absolute atomic E-state index is 0.0892. The second-order valence-corrected chi connectivity index (χ2v) is 6.08. The largest absolute Gasteiger partial charge is 0.506 e. The molecule has 2 heterocycles. The van der Waals surface area contributed by atoms with Gasteiger partial charge < -0.3 is 19.4 Å². The summed E-state index contributed by atoms with van der Waals surface area (Å²) in [5, 5.41) is 16.6. The van der Waals surface area contributed by atoms with Crippen molar-refractivity contribution in [2.45, 2.75) is 18.9 Å². The molecular weight excluding hydrogens is 282 g/mol. The summed E-state index contributed by atoms with van der Waals surface area (Å²) < 4.78 is 7.77. The fraction of sp³-hybridized carbons (Fsp3) is 0.375. The first-order valence-electron chi connectivity index (χ1n) is 7.06. The Bertz CT molecular complexity index is 839. The lowest BCUT2D eigenvalue weighted by atomic mass is 9.99. The number of benzene rings is 1. The van der Waals surface area contributed by atoms with E-state index in [1.165, 1.54) is 6.07 Å². The zero-order valence-electron chi connectivity index (χ0n) is 13.1. The van der Waals surface area contributed by atoms with E-state index in [0.29, 0.717) is 23.1 Å². The molecule has 3 rings (SSSR count). The van der Waals surface area contributed by atoms with Crippen LogP contribution < -0.4 is 10.2 Å². The van der Waals surface area contributed by atoms with Crippen LogP contribution in [0.4, 0.5) is 0 Å². The fourth-order valence-corrected chi connectivity index (χ4v) is 2.82. The van der Waals surface area contributed by atoms with E-state index in [9.17, 15) is 9.90 Å². The van der Waals surface area contributed by atoms with Crippen LogP contribution in [0.1, 0.15) is 12.5 Å². The standard InChI is InChI=1S/C16H19N3O3/c1-16(9-17-18(2)3)8-10-7-12(21)14-13(15(10)22-16)11(20)5-6-19(14)4/h5-7,9,21H,8H2,1-4H3/b17-9+. The lowest BCUT2D eigenvalue weighted by molar-refractivity contribution is 0.197. The molecule has 0 saturated heterocycles. The summed E-state index contributed by atoms with van der Waals surface area (Å²) in [6.45, 7) is 1.91. The van der Waals surface area contributed by atoms with E-state index >= 15 is 0 Å². The van der Waals surface area contributed by atoms with E-state index in [0.717, 1.165) is 5.56 Å². The lowest BCUT2D eigenvalue weighted by Crippen LogP contribution is -2.33. The van der Waals surface area contributed by atoms with Crippen LogP contribution in [-0.4, -0.2) is 40.6 Å². The average Bonchev–Trinajstić information content (AvgIpc) is 2.77. The number of aryl methyl sites for hydroxylation is 1. The monoisotopic (exact) mass is 301 g/mol. The topological polar surface area (TPSA) is 67.1 Å². The second-order valence-electron chi connectivity index (χ2n) is 6.08. The molecule has 1 unspecified atom stereocenters. The van der Waals surface area contributed by atoms with Gasteiger partial charge >= 0.3 is 0 Å². The van der Waals surface area contributed by atoms with Crippen molar-refractivity contribution in [2.24, 2.45) is 12.1 Å². The van der Waals surface area contributed by atoms with Gasteiger partial charge in [-0.1, -0.05) is 0 Å². The van der Waals surface area contributed by atoms with Crippen molar-refractivity contribution >= 4 is 17.1 Å². The van der Waals surface area contributed by atoms with E-state index < -0.39 is 5.60 Å². The van der Waals surface area contributed by atoms with Gasteiger partial charge in [-0.25, -0.2) is 0 Å². The number of phenols is 1. The highest BCUT2D eigenvalue weighted by Crippen LogP contribution is 2.42. The molecule has 2 aromatic rings. The van der Waals surface area contributed by atoms with Gasteiger partial charge in [0.25, 0.3) is 0 Å². The third kappa shape index (κ3) is 2.20. The molecule has 1 aliphatic rings. The summed E-state index contributed by atoms with van der Waals surface area (Å²) in [4.78, 5) is 12.3. The highest BCUT2D eigenvalue weighted by molar-refractivity contribution is 5.93. The maximum atomic E-state index is 12.3. The van der Waals surface area contributed by atoms with E-state index in [1.54, 1.807) is 35.1 Å². The van der Waals surface area contributed by atoms with Crippen molar-refractivity contribution in [3.63, 3.8) is 0 Å². The maximum Gasteiger partial charge on any atom is 0.193 e. The molecule has 0 radical (unpaired) electrons. The molecule has 0 fully saturated rings. The first-order valence-corrected chi connectivity index (χ1v) is 7.06. The number of ether oxygens (including phenoxy) is 1. The summed E-state index contributed by atoms with van der Waals surface area (Å²) in [6, 6.07) is 3.15. The van der Waals surface area contributed by atoms with E-state index in [1.807, 2.05) is 21.0 Å². The van der Waals surface area contributed by atoms with Crippen molar-refractivity contribution in [2.75, 3.05) is 14.1 Å². The smallest absolute Gasteiger partial charge is 0.193 e. The second kappa shape index (κ2) is 4.76. The summed E-state index contributed by atoms with van der Waals surface area (Å²) in [5.74, 6) is 0.632. The van der Waals surface area contributed by atoms with Crippen molar-refractivity contribution in [3.8, 4) is 11.5 Å². The van der Waals surface area contributed by atoms with Gasteiger partial charge in [0.15, 0.2) is 5.43 Å². The van der Waals surface area contributed by atoms with E-state index in [2.05, 4.69) is 5.10 Å². The number of pyridine rings is 1. The molecular formula is C16H19N3O3. The van der Waals surface area contributed by atoms with Gasteiger partial charge in [-0.05, 0) is 13.0 Å². The normalized spacial score (nSPS) is 20.4. The third-order valence-electron chi connectivity index (χ3n) is 3.80. The molecule has 1 aromatic carbocycles. The van der Waals surface area contributed by atoms with Gasteiger partial charge in [0.1, 0.15) is 17.1 Å². The molecule has 0 saturated carbocycles. The summed E-state index contributed by atoms with van der Waals surface area (Å²) in [5.41, 5.74) is 0.517. The van der Waals surface area contributed by atoms with Crippen molar-refractivity contribution in [1.29, 1.82) is 0 Å². The van der Waals surface area contributed by atoms with Crippen LogP contribution in [0.25, 0.3) is 10.9 Å². The van der Waals surface area contributed by atoms with Crippen LogP contribution in [-0.2, 0) is 13.5 Å². The lowest BCUT2D eigenvalue weighted by Gasteiger charge is -2.19. The Morgan fingerprint density at radius 3 is 2.91 bits per heavy atom. The van der Waals surface area contributed by atoms with Crippen LogP contribution in [0.15, 0.2) is 28.2 Å². The molecule has 0 bridgehead atoms. The Morgan fingerprint density at radius 1 is 1.50 bits per heavy atom. The van der Waals surface area contributed by atoms with Crippen LogP contribution in [0, 0.1) is 0 Å². The summed E-state index contributed by atoms with van der Waals surface area (Å²) in [7, 11) is 5.45. The molecule has 1 aromatic heterocycles. The molecule has 6 heteroatoms. The van der Waals surface area contributed by atoms with Crippen LogP contribution >= 0.6 is 0 Å². The van der Waals surface area contributed by atoms with E-state index in [4.69, 9.17) is 4.74 Å². The van der Waals surface area contributed by atoms with Gasteiger partial charge in [0.2, 0.25) is 0 Å². The number of hydrazone groups is 1. The Balaban J connectivity index is 2.20. The number of hydrogen-bond donors (Lipinski definition) is 1. The van der Waals surface area contributed by atoms with Crippen LogP contribution in [0.3, 0.4) is 0 Å². The number of rotatable bonds is 2. The highest BCUT2D eigenvalue weighted by Gasteiger charge is 2.36. The Labute approximate surface area is 128 Å². The molecule has 1 N–H and O–H groups in total. The minimum atomic E-state index is -0.631. The van der Waals surface area contributed by atoms with Gasteiger partial charge in [0, 0.05) is 45.4 Å². The van der Waals surface area contributed by atoms with Crippen LogP contribution in [0.2, 0.25) is 0 Å². The van der Waals surface area contributed by atoms with Gasteiger partial charge in [-0.3, -0.25) is 4.79 Å². The number of fused-ring (bicyclic) bond motifs is 3. The Kier molecular flexibility index (Phi) is 3.12. The van der Waals surface area contributed by atoms with E-state index in [-0.39, 0.29) is 11.2 Å². The SMILES string of the molecule is CN(C)/N=C/C1(C)Cc2cc(O)c3c(c2O1)c(=O)ccn3C. The fourth-order valence-electron chi connectivity index (χ4n) is 2.82. The molecule has 1 atom stereocenters. The molecule has 0 aliphatic carbocycles. The summed E-state index contributed by atoms with van der Waals surface area (Å²) >= 11 is 0. The van der Waals surface area contributed by atoms with Gasteiger partial charge in [0.05, 0.1) is 17.1 Å². The first kappa shape index (κ1) is 14.4. The molecule has 0 amide bonds. The zero-order valence-corrected chi connectivity index (χ0v) is 13.1. The van der Waals surface area contributed by atoms with Gasteiger partial charge in [-0.2, -0.15) is 5.10 Å². The Morgan fingerprint density at radius 2 is 2.23 bits per heavy atom. The average molecular weight is 301 g/mol. The predicted octanol–water partition coefficient (Wildman–Crippen LogP) is 1.49. The highest BCUT2D eigenvalue weighted by atomic mass is 16.5. The van der Waals surface area contributed by atoms with Gasteiger partial charge in [-0.15, -0.1) is 0 Å². The number of aromatic nitrogens is 1. The third-order valence-corrected chi connectivity index (χ3v) is 3.80. The van der Waals surface area contributed by atoms with Crippen molar-refractivity contribution in [1.82, 2.24) is 9.58 Å². The molecule has 0 spiro atoms. The quantitative estimate of drug-likeness (QED) is 0.674. The molecule has 116 valence electrons. The number of nitrogens with zero attached hydrogens (tertiary/aromatic N) is 3. The maximum absolute atomic E-state index is 12.3. The first-order chi connectivity index (χ1) is 10.3. The predicted molar refractivity (Wildman–Crippen MR) is 85.8 cm³/mol. The number of phenolic OH excluding ortho intramolecular Hbond substituents is 1. The van der Waals surface area contributed by atoms with Crippen LogP contribution in [0.5, 0.6) is 11.5 Å². The number of aromatic hydroxyl groups is 1.